The van der Waals surface area contributed by atoms with Crippen LogP contribution in [0.25, 0.3) is 0 Å². The van der Waals surface area contributed by atoms with Gasteiger partial charge < -0.3 is 13.9 Å². The largest absolute Gasteiger partial charge is 0.497 e. The summed E-state index contributed by atoms with van der Waals surface area (Å²) in [6.07, 6.45) is 0.717. The molecular weight excluding hydrogens is 462 g/mol. The normalized spacial score (nSPS) is 23.4. The van der Waals surface area contributed by atoms with E-state index in [1.165, 1.54) is 0 Å². The molecule has 0 amide bonds. The zero-order chi connectivity index (χ0) is 25.2. The monoisotopic (exact) mass is 503 g/mol. The van der Waals surface area contributed by atoms with Gasteiger partial charge in [0.05, 0.1) is 35.5 Å². The van der Waals surface area contributed by atoms with Gasteiger partial charge in [-0.1, -0.05) is 45.0 Å². The number of nitrogens with one attached hydrogen (secondary N) is 1. The maximum atomic E-state index is 13.5. The lowest BCUT2D eigenvalue weighted by Gasteiger charge is -2.38. The molecule has 0 aromatic heterocycles. The van der Waals surface area contributed by atoms with Crippen molar-refractivity contribution in [3.63, 3.8) is 0 Å². The maximum Gasteiger partial charge on any atom is 0.193 e. The minimum atomic E-state index is -2.03. The molecule has 2 aromatic rings. The fourth-order valence-corrected chi connectivity index (χ4v) is 8.77. The maximum absolute atomic E-state index is 13.5. The van der Waals surface area contributed by atoms with Crippen molar-refractivity contribution in [1.29, 1.82) is 0 Å². The Morgan fingerprint density at radius 1 is 0.853 bits per heavy atom. The number of hydrogen-bond donors (Lipinski definition) is 1. The van der Waals surface area contributed by atoms with Gasteiger partial charge in [0, 0.05) is 6.42 Å². The van der Waals surface area contributed by atoms with Gasteiger partial charge >= 0.3 is 0 Å². The van der Waals surface area contributed by atoms with Crippen LogP contribution in [0.5, 0.6) is 11.5 Å². The van der Waals surface area contributed by atoms with Crippen LogP contribution in [0.15, 0.2) is 48.5 Å². The zero-order valence-electron chi connectivity index (χ0n) is 22.0. The number of ether oxygens (including phenoxy) is 2. The van der Waals surface area contributed by atoms with Crippen LogP contribution in [0.3, 0.4) is 0 Å². The van der Waals surface area contributed by atoms with Crippen LogP contribution in [0.1, 0.15) is 59.1 Å². The van der Waals surface area contributed by atoms with E-state index < -0.39 is 35.2 Å². The first-order valence-electron chi connectivity index (χ1n) is 12.2. The lowest BCUT2D eigenvalue weighted by atomic mass is 9.96. The summed E-state index contributed by atoms with van der Waals surface area (Å²) < 4.78 is 34.9. The Bertz CT molecular complexity index is 977. The summed E-state index contributed by atoms with van der Waals surface area (Å²) in [6, 6.07) is 19.4. The van der Waals surface area contributed by atoms with Crippen LogP contribution in [0.4, 0.5) is 0 Å². The van der Waals surface area contributed by atoms with Crippen molar-refractivity contribution in [2.45, 2.75) is 82.0 Å². The molecule has 0 radical (unpaired) electrons. The van der Waals surface area contributed by atoms with E-state index in [-0.39, 0.29) is 0 Å². The third kappa shape index (κ3) is 4.85. The molecule has 188 valence electrons. The molecule has 1 saturated carbocycles. The number of methoxy groups -OCH3 is 2. The smallest absolute Gasteiger partial charge is 0.193 e. The summed E-state index contributed by atoms with van der Waals surface area (Å²) in [6.45, 7) is 12.7. The van der Waals surface area contributed by atoms with Crippen molar-refractivity contribution in [2.75, 3.05) is 14.2 Å². The molecule has 1 N–H and O–H groups in total. The Balaban J connectivity index is 2.21. The van der Waals surface area contributed by atoms with Gasteiger partial charge in [-0.05, 0) is 74.3 Å². The third-order valence-electron chi connectivity index (χ3n) is 7.36. The Labute approximate surface area is 209 Å². The molecule has 1 aliphatic carbocycles. The first-order valence-corrected chi connectivity index (χ1v) is 15.9. The van der Waals surface area contributed by atoms with Gasteiger partial charge in [0.1, 0.15) is 17.1 Å². The molecule has 0 aliphatic heterocycles. The van der Waals surface area contributed by atoms with Gasteiger partial charge in [-0.25, -0.2) is 8.93 Å². The summed E-state index contributed by atoms with van der Waals surface area (Å²) in [5.41, 5.74) is 0.940. The van der Waals surface area contributed by atoms with Crippen LogP contribution >= 0.6 is 0 Å². The molecule has 5 nitrogen and oxygen atoms in total. The highest BCUT2D eigenvalue weighted by Crippen LogP contribution is 2.66. The van der Waals surface area contributed by atoms with Crippen LogP contribution < -0.4 is 14.2 Å². The summed E-state index contributed by atoms with van der Waals surface area (Å²) in [5, 5.41) is 0. The fraction of sp³-hybridized carbons (Fsp3) is 0.556. The minimum absolute atomic E-state index is 0.414. The first kappa shape index (κ1) is 26.9. The number of rotatable bonds is 11. The van der Waals surface area contributed by atoms with Crippen molar-refractivity contribution in [1.82, 2.24) is 4.72 Å². The predicted molar refractivity (Wildman–Crippen MR) is 143 cm³/mol. The molecule has 1 fully saturated rings. The van der Waals surface area contributed by atoms with Gasteiger partial charge in [0.15, 0.2) is 8.32 Å². The standard InChI is InChI=1S/C27H41NO4SSi/c1-9-34(10-2,11-3)32-27(22-14-18-24(31-8)19-15-22)20-26(27,28-33(29)25(4,5)6)21-12-16-23(30-7)17-13-21/h12-19,28H,9-11,20H2,1-8H3/t26-,27+,33-/m1/s1. The molecule has 0 heterocycles. The molecule has 3 rings (SSSR count). The predicted octanol–water partition coefficient (Wildman–Crippen LogP) is 6.27. The summed E-state index contributed by atoms with van der Waals surface area (Å²) in [5.74, 6) is 1.61. The van der Waals surface area contributed by atoms with Crippen LogP contribution in [-0.2, 0) is 26.6 Å². The second-order valence-corrected chi connectivity index (χ2v) is 16.9. The molecule has 1 aliphatic rings. The van der Waals surface area contributed by atoms with Crippen LogP contribution in [-0.4, -0.2) is 31.5 Å². The molecule has 34 heavy (non-hydrogen) atoms. The average Bonchev–Trinajstić information content (AvgIpc) is 3.50. The summed E-state index contributed by atoms with van der Waals surface area (Å²) in [4.78, 5) is 0. The van der Waals surface area contributed by atoms with E-state index in [1.54, 1.807) is 14.2 Å². The molecule has 0 bridgehead atoms. The van der Waals surface area contributed by atoms with Crippen molar-refractivity contribution in [3.05, 3.63) is 59.7 Å². The molecule has 0 unspecified atom stereocenters. The quantitative estimate of drug-likeness (QED) is 0.367. The lowest BCUT2D eigenvalue weighted by Crippen LogP contribution is -2.48. The van der Waals surface area contributed by atoms with E-state index in [1.807, 2.05) is 45.0 Å². The van der Waals surface area contributed by atoms with Crippen molar-refractivity contribution in [3.8, 4) is 11.5 Å². The second-order valence-electron chi connectivity index (χ2n) is 10.2. The highest BCUT2D eigenvalue weighted by atomic mass is 32.2. The van der Waals surface area contributed by atoms with E-state index >= 15 is 0 Å². The summed E-state index contributed by atoms with van der Waals surface area (Å²) >= 11 is 0. The zero-order valence-corrected chi connectivity index (χ0v) is 23.8. The van der Waals surface area contributed by atoms with E-state index in [4.69, 9.17) is 13.9 Å². The molecule has 3 atom stereocenters. The minimum Gasteiger partial charge on any atom is -0.497 e. The van der Waals surface area contributed by atoms with Gasteiger partial charge in [-0.3, -0.25) is 0 Å². The van der Waals surface area contributed by atoms with Crippen molar-refractivity contribution < 1.29 is 18.1 Å². The number of hydrogen-bond acceptors (Lipinski definition) is 4. The molecule has 0 saturated heterocycles. The van der Waals surface area contributed by atoms with E-state index in [0.29, 0.717) is 0 Å². The second kappa shape index (κ2) is 10.1. The van der Waals surface area contributed by atoms with Crippen LogP contribution in [0.2, 0.25) is 18.1 Å². The van der Waals surface area contributed by atoms with Crippen LogP contribution in [0, 0.1) is 0 Å². The molecular formula is C27H41NO4SSi. The van der Waals surface area contributed by atoms with Gasteiger partial charge in [-0.2, -0.15) is 0 Å². The Hall–Kier alpha value is -1.67. The highest BCUT2D eigenvalue weighted by Gasteiger charge is 2.73. The number of benzene rings is 2. The van der Waals surface area contributed by atoms with E-state index in [2.05, 4.69) is 49.8 Å². The Morgan fingerprint density at radius 2 is 1.29 bits per heavy atom. The third-order valence-corrected chi connectivity index (χ3v) is 13.7. The fourth-order valence-electron chi connectivity index (χ4n) is 4.76. The Morgan fingerprint density at radius 3 is 1.68 bits per heavy atom. The molecule has 7 heteroatoms. The van der Waals surface area contributed by atoms with Crippen molar-refractivity contribution in [2.24, 2.45) is 0 Å². The lowest BCUT2D eigenvalue weighted by molar-refractivity contribution is 0.131. The summed E-state index contributed by atoms with van der Waals surface area (Å²) in [7, 11) is 0.0384. The van der Waals surface area contributed by atoms with Crippen molar-refractivity contribution >= 4 is 19.3 Å². The van der Waals surface area contributed by atoms with Gasteiger partial charge in [0.2, 0.25) is 0 Å². The highest BCUT2D eigenvalue weighted by molar-refractivity contribution is 7.84. The molecule has 2 aromatic carbocycles. The molecule has 0 spiro atoms. The average molecular weight is 504 g/mol. The van der Waals surface area contributed by atoms with Gasteiger partial charge in [-0.15, -0.1) is 0 Å². The SMILES string of the molecule is CC[Si](CC)(CC)O[C@]1(c2ccc(OC)cc2)C[C@@]1(N[S@](=O)C(C)(C)C)c1ccc(OC)cc1. The van der Waals surface area contributed by atoms with Gasteiger partial charge in [0.25, 0.3) is 0 Å². The van der Waals surface area contributed by atoms with E-state index in [0.717, 1.165) is 47.2 Å². The Kier molecular flexibility index (Phi) is 8.02. The van der Waals surface area contributed by atoms with E-state index in [9.17, 15) is 4.21 Å². The topological polar surface area (TPSA) is 56.8 Å². The first-order chi connectivity index (χ1) is 16.0.